The molecule has 3 aromatic rings. The van der Waals surface area contributed by atoms with Crippen LogP contribution in [0.15, 0.2) is 36.4 Å². The summed E-state index contributed by atoms with van der Waals surface area (Å²) in [6.07, 6.45) is -0.587. The van der Waals surface area contributed by atoms with Crippen LogP contribution in [0.3, 0.4) is 0 Å². The number of hydrogen-bond donors (Lipinski definition) is 3. The highest BCUT2D eigenvalue weighted by molar-refractivity contribution is 5.90. The van der Waals surface area contributed by atoms with Crippen LogP contribution >= 0.6 is 0 Å². The Labute approximate surface area is 185 Å². The number of para-hydroxylation sites is 2. The molecule has 11 heteroatoms. The number of hydrogen-bond acceptors (Lipinski definition) is 10. The predicted octanol–water partition coefficient (Wildman–Crippen LogP) is 3.87. The molecule has 2 aromatic carbocycles. The Bertz CT molecular complexity index is 1080. The minimum atomic E-state index is -0.587. The van der Waals surface area contributed by atoms with Crippen LogP contribution in [0.5, 0.6) is 17.2 Å². The monoisotopic (exact) mass is 440 g/mol. The molecule has 0 spiro atoms. The molecule has 0 aliphatic heterocycles. The third-order valence-corrected chi connectivity index (χ3v) is 4.26. The van der Waals surface area contributed by atoms with Gasteiger partial charge in [0.2, 0.25) is 17.6 Å². The van der Waals surface area contributed by atoms with Gasteiger partial charge in [-0.3, -0.25) is 5.32 Å². The number of carbonyl (C=O) groups excluding carboxylic acids is 1. The lowest BCUT2D eigenvalue weighted by Crippen LogP contribution is -2.13. The number of methoxy groups -OCH3 is 4. The van der Waals surface area contributed by atoms with Gasteiger partial charge in [-0.25, -0.2) is 4.79 Å². The van der Waals surface area contributed by atoms with Gasteiger partial charge < -0.3 is 29.6 Å². The van der Waals surface area contributed by atoms with Crippen molar-refractivity contribution in [2.24, 2.45) is 0 Å². The number of rotatable bonds is 8. The van der Waals surface area contributed by atoms with Crippen LogP contribution < -0.4 is 30.2 Å². The maximum absolute atomic E-state index is 11.6. The van der Waals surface area contributed by atoms with Crippen molar-refractivity contribution >= 4 is 35.1 Å². The van der Waals surface area contributed by atoms with Gasteiger partial charge in [-0.1, -0.05) is 12.1 Å². The standard InChI is InChI=1S/C21H24N6O5/c1-12-22-19(24-13-10-16(29-2)18(31-4)17(11-13)30-3)27-20(23-12)25-14-8-6-7-9-15(14)26-21(28)32-5/h6-11H,1-5H3,(H,26,28)(H2,22,23,24,25,27). The maximum atomic E-state index is 11.6. The van der Waals surface area contributed by atoms with Gasteiger partial charge in [0.15, 0.2) is 11.5 Å². The van der Waals surface area contributed by atoms with Gasteiger partial charge in [-0.15, -0.1) is 0 Å². The summed E-state index contributed by atoms with van der Waals surface area (Å²) in [5, 5.41) is 8.85. The molecular weight excluding hydrogens is 416 g/mol. The van der Waals surface area contributed by atoms with Crippen LogP contribution in [0.4, 0.5) is 33.8 Å². The number of nitrogens with zero attached hydrogens (tertiary/aromatic N) is 3. The third kappa shape index (κ3) is 5.25. The second-order valence-electron chi connectivity index (χ2n) is 6.36. The molecule has 0 radical (unpaired) electrons. The van der Waals surface area contributed by atoms with E-state index in [0.29, 0.717) is 46.1 Å². The van der Waals surface area contributed by atoms with Crippen molar-refractivity contribution in [3.8, 4) is 17.2 Å². The van der Waals surface area contributed by atoms with Crippen LogP contribution in [0.2, 0.25) is 0 Å². The first kappa shape index (κ1) is 22.4. The maximum Gasteiger partial charge on any atom is 0.411 e. The molecule has 0 aliphatic rings. The van der Waals surface area contributed by atoms with Gasteiger partial charge in [0.05, 0.1) is 39.8 Å². The zero-order chi connectivity index (χ0) is 23.1. The van der Waals surface area contributed by atoms with E-state index in [1.807, 2.05) is 6.07 Å². The minimum Gasteiger partial charge on any atom is -0.493 e. The summed E-state index contributed by atoms with van der Waals surface area (Å²) >= 11 is 0. The molecule has 0 saturated carbocycles. The average molecular weight is 440 g/mol. The fraction of sp³-hybridized carbons (Fsp3) is 0.238. The van der Waals surface area contributed by atoms with Gasteiger partial charge in [0.25, 0.3) is 0 Å². The molecular formula is C21H24N6O5. The molecule has 3 rings (SSSR count). The van der Waals surface area contributed by atoms with E-state index >= 15 is 0 Å². The summed E-state index contributed by atoms with van der Waals surface area (Å²) in [5.74, 6) is 2.52. The predicted molar refractivity (Wildman–Crippen MR) is 120 cm³/mol. The Kier molecular flexibility index (Phi) is 7.11. The number of benzene rings is 2. The van der Waals surface area contributed by atoms with Crippen LogP contribution in [-0.2, 0) is 4.74 Å². The van der Waals surface area contributed by atoms with E-state index in [1.165, 1.54) is 28.4 Å². The number of anilines is 5. The van der Waals surface area contributed by atoms with Crippen LogP contribution in [0.1, 0.15) is 5.82 Å². The van der Waals surface area contributed by atoms with E-state index in [0.717, 1.165) is 0 Å². The second kappa shape index (κ2) is 10.2. The quantitative estimate of drug-likeness (QED) is 0.475. The number of aryl methyl sites for hydroxylation is 1. The summed E-state index contributed by atoms with van der Waals surface area (Å²) in [4.78, 5) is 24.7. The largest absolute Gasteiger partial charge is 0.493 e. The molecule has 168 valence electrons. The summed E-state index contributed by atoms with van der Waals surface area (Å²) in [5.41, 5.74) is 1.72. The van der Waals surface area contributed by atoms with E-state index in [-0.39, 0.29) is 5.95 Å². The lowest BCUT2D eigenvalue weighted by atomic mass is 10.2. The zero-order valence-corrected chi connectivity index (χ0v) is 18.3. The Hall–Kier alpha value is -4.28. The van der Waals surface area contributed by atoms with E-state index in [1.54, 1.807) is 37.3 Å². The highest BCUT2D eigenvalue weighted by Crippen LogP contribution is 2.40. The molecule has 1 amide bonds. The Balaban J connectivity index is 1.89. The van der Waals surface area contributed by atoms with E-state index in [4.69, 9.17) is 14.2 Å². The van der Waals surface area contributed by atoms with E-state index in [9.17, 15) is 4.79 Å². The van der Waals surface area contributed by atoms with Crippen molar-refractivity contribution in [2.45, 2.75) is 6.92 Å². The lowest BCUT2D eigenvalue weighted by molar-refractivity contribution is 0.187. The van der Waals surface area contributed by atoms with Crippen molar-refractivity contribution in [1.29, 1.82) is 0 Å². The molecule has 3 N–H and O–H groups in total. The summed E-state index contributed by atoms with van der Waals surface area (Å²) in [6.45, 7) is 1.74. The molecule has 0 atom stereocenters. The second-order valence-corrected chi connectivity index (χ2v) is 6.36. The molecule has 1 aromatic heterocycles. The smallest absolute Gasteiger partial charge is 0.411 e. The van der Waals surface area contributed by atoms with Crippen molar-refractivity contribution in [1.82, 2.24) is 15.0 Å². The first-order valence-corrected chi connectivity index (χ1v) is 9.48. The minimum absolute atomic E-state index is 0.284. The number of nitrogens with one attached hydrogen (secondary N) is 3. The first-order chi connectivity index (χ1) is 15.5. The van der Waals surface area contributed by atoms with Crippen LogP contribution in [-0.4, -0.2) is 49.5 Å². The highest BCUT2D eigenvalue weighted by Gasteiger charge is 2.15. The molecule has 32 heavy (non-hydrogen) atoms. The Morgan fingerprint density at radius 2 is 1.41 bits per heavy atom. The molecule has 0 aliphatic carbocycles. The van der Waals surface area contributed by atoms with Gasteiger partial charge in [0.1, 0.15) is 5.82 Å². The molecule has 1 heterocycles. The number of amides is 1. The summed E-state index contributed by atoms with van der Waals surface area (Å²) < 4.78 is 20.8. The van der Waals surface area contributed by atoms with Crippen molar-refractivity contribution < 1.29 is 23.7 Å². The molecule has 0 bridgehead atoms. The molecule has 0 fully saturated rings. The molecule has 0 unspecified atom stereocenters. The fourth-order valence-electron chi connectivity index (χ4n) is 2.86. The lowest BCUT2D eigenvalue weighted by Gasteiger charge is -2.15. The van der Waals surface area contributed by atoms with Gasteiger partial charge in [-0.2, -0.15) is 15.0 Å². The number of ether oxygens (including phenoxy) is 4. The summed E-state index contributed by atoms with van der Waals surface area (Å²) in [6, 6.07) is 10.6. The fourth-order valence-corrected chi connectivity index (χ4v) is 2.86. The van der Waals surface area contributed by atoms with Crippen molar-refractivity contribution in [3.05, 3.63) is 42.2 Å². The van der Waals surface area contributed by atoms with Gasteiger partial charge >= 0.3 is 6.09 Å². The van der Waals surface area contributed by atoms with Gasteiger partial charge in [-0.05, 0) is 19.1 Å². The average Bonchev–Trinajstić information content (AvgIpc) is 2.79. The van der Waals surface area contributed by atoms with E-state index in [2.05, 4.69) is 35.6 Å². The first-order valence-electron chi connectivity index (χ1n) is 9.48. The SMILES string of the molecule is COC(=O)Nc1ccccc1Nc1nc(C)nc(Nc2cc(OC)c(OC)c(OC)c2)n1. The topological polar surface area (TPSA) is 129 Å². The zero-order valence-electron chi connectivity index (χ0n) is 18.3. The van der Waals surface area contributed by atoms with Crippen LogP contribution in [0.25, 0.3) is 0 Å². The Morgan fingerprint density at radius 3 is 1.97 bits per heavy atom. The van der Waals surface area contributed by atoms with Crippen LogP contribution in [0, 0.1) is 6.92 Å². The van der Waals surface area contributed by atoms with E-state index < -0.39 is 6.09 Å². The number of aromatic nitrogens is 3. The summed E-state index contributed by atoms with van der Waals surface area (Å²) in [7, 11) is 5.90. The molecule has 11 nitrogen and oxygen atoms in total. The van der Waals surface area contributed by atoms with Crippen molar-refractivity contribution in [3.63, 3.8) is 0 Å². The Morgan fingerprint density at radius 1 is 0.812 bits per heavy atom. The van der Waals surface area contributed by atoms with Crippen molar-refractivity contribution in [2.75, 3.05) is 44.4 Å². The molecule has 0 saturated heterocycles. The highest BCUT2D eigenvalue weighted by atomic mass is 16.5. The third-order valence-electron chi connectivity index (χ3n) is 4.26. The number of carbonyl (C=O) groups is 1. The normalized spacial score (nSPS) is 10.2. The van der Waals surface area contributed by atoms with Gasteiger partial charge in [0, 0.05) is 17.8 Å².